The van der Waals surface area contributed by atoms with E-state index in [1.807, 2.05) is 43.3 Å². The number of hydrogen-bond acceptors (Lipinski definition) is 4. The summed E-state index contributed by atoms with van der Waals surface area (Å²) >= 11 is 0. The van der Waals surface area contributed by atoms with E-state index >= 15 is 0 Å². The molecule has 0 unspecified atom stereocenters. The number of carbonyl (C=O) groups is 1. The summed E-state index contributed by atoms with van der Waals surface area (Å²) in [6, 6.07) is 13.9. The first-order chi connectivity index (χ1) is 15.7. The van der Waals surface area contributed by atoms with Gasteiger partial charge in [-0.3, -0.25) is 4.79 Å². The van der Waals surface area contributed by atoms with Crippen molar-refractivity contribution in [1.82, 2.24) is 10.2 Å². The van der Waals surface area contributed by atoms with Crippen molar-refractivity contribution in [3.8, 4) is 22.6 Å². The van der Waals surface area contributed by atoms with Gasteiger partial charge in [-0.25, -0.2) is 0 Å². The van der Waals surface area contributed by atoms with E-state index in [0.717, 1.165) is 43.0 Å². The molecule has 2 aliphatic rings. The minimum Gasteiger partial charge on any atom is -0.492 e. The maximum Gasteiger partial charge on any atom is 0.251 e. The van der Waals surface area contributed by atoms with E-state index in [4.69, 9.17) is 9.47 Å². The molecule has 1 saturated heterocycles. The molecule has 4 rings (SSSR count). The third-order valence-corrected chi connectivity index (χ3v) is 6.82. The summed E-state index contributed by atoms with van der Waals surface area (Å²) in [7, 11) is 1.64. The molecule has 2 fully saturated rings. The second-order valence-electron chi connectivity index (χ2n) is 9.05. The summed E-state index contributed by atoms with van der Waals surface area (Å²) in [6.07, 6.45) is 7.60. The Bertz CT molecular complexity index is 885. The Morgan fingerprint density at radius 2 is 1.78 bits per heavy atom. The van der Waals surface area contributed by atoms with Gasteiger partial charge in [-0.2, -0.15) is 0 Å². The Morgan fingerprint density at radius 3 is 2.44 bits per heavy atom. The third kappa shape index (κ3) is 5.44. The van der Waals surface area contributed by atoms with E-state index in [1.54, 1.807) is 13.2 Å². The van der Waals surface area contributed by atoms with Gasteiger partial charge < -0.3 is 19.7 Å². The number of ether oxygens (including phenoxy) is 2. The molecule has 0 radical (unpaired) electrons. The molecular formula is C27H36N2O3. The molecule has 5 nitrogen and oxygen atoms in total. The number of piperidine rings is 1. The van der Waals surface area contributed by atoms with E-state index in [0.29, 0.717) is 23.7 Å². The topological polar surface area (TPSA) is 50.8 Å². The molecule has 1 aliphatic heterocycles. The molecular weight excluding hydrogens is 400 g/mol. The minimum absolute atomic E-state index is 0.0416. The van der Waals surface area contributed by atoms with E-state index in [9.17, 15) is 4.79 Å². The van der Waals surface area contributed by atoms with Gasteiger partial charge in [-0.1, -0.05) is 43.2 Å². The molecule has 172 valence electrons. The molecule has 1 heterocycles. The van der Waals surface area contributed by atoms with Gasteiger partial charge >= 0.3 is 0 Å². The first-order valence-corrected chi connectivity index (χ1v) is 12.1. The van der Waals surface area contributed by atoms with E-state index < -0.39 is 0 Å². The molecule has 0 atom stereocenters. The van der Waals surface area contributed by atoms with Crippen molar-refractivity contribution < 1.29 is 14.3 Å². The lowest BCUT2D eigenvalue weighted by atomic mass is 9.99. The molecule has 1 amide bonds. The molecule has 32 heavy (non-hydrogen) atoms. The van der Waals surface area contributed by atoms with Crippen LogP contribution in [0.25, 0.3) is 11.1 Å². The van der Waals surface area contributed by atoms with Gasteiger partial charge in [0.05, 0.1) is 13.7 Å². The van der Waals surface area contributed by atoms with Crippen molar-refractivity contribution in [1.29, 1.82) is 0 Å². The Kier molecular flexibility index (Phi) is 7.69. The van der Waals surface area contributed by atoms with Crippen LogP contribution >= 0.6 is 0 Å². The van der Waals surface area contributed by atoms with E-state index in [1.165, 1.54) is 32.2 Å². The third-order valence-electron chi connectivity index (χ3n) is 6.82. The number of likely N-dealkylation sites (tertiary alicyclic amines) is 1. The number of rotatable bonds is 8. The zero-order valence-corrected chi connectivity index (χ0v) is 19.4. The lowest BCUT2D eigenvalue weighted by Gasteiger charge is -2.33. The van der Waals surface area contributed by atoms with Crippen LogP contribution in [0.15, 0.2) is 42.5 Å². The van der Waals surface area contributed by atoms with Crippen LogP contribution in [0.5, 0.6) is 11.5 Å². The largest absolute Gasteiger partial charge is 0.492 e. The minimum atomic E-state index is -0.0416. The summed E-state index contributed by atoms with van der Waals surface area (Å²) in [5.74, 6) is 2.11. The summed E-state index contributed by atoms with van der Waals surface area (Å²) in [5.41, 5.74) is 2.48. The summed E-state index contributed by atoms with van der Waals surface area (Å²) in [6.45, 7) is 5.83. The summed E-state index contributed by atoms with van der Waals surface area (Å²) < 4.78 is 11.5. The molecule has 2 aromatic rings. The fourth-order valence-electron chi connectivity index (χ4n) is 5.13. The SMILES string of the molecule is CCOc1cc(C(=O)NC2CCN(CC3CCCC3)CC2)cc(-c2ccccc2)c1OC. The van der Waals surface area contributed by atoms with Crippen molar-refractivity contribution >= 4 is 5.91 Å². The second-order valence-corrected chi connectivity index (χ2v) is 9.05. The Hall–Kier alpha value is -2.53. The van der Waals surface area contributed by atoms with Crippen molar-refractivity contribution in [3.63, 3.8) is 0 Å². The monoisotopic (exact) mass is 436 g/mol. The fraction of sp³-hybridized carbons (Fsp3) is 0.519. The normalized spacial score (nSPS) is 17.9. The van der Waals surface area contributed by atoms with Crippen LogP contribution in [-0.2, 0) is 0 Å². The van der Waals surface area contributed by atoms with Crippen molar-refractivity contribution in [2.24, 2.45) is 5.92 Å². The number of amides is 1. The Morgan fingerprint density at radius 1 is 1.06 bits per heavy atom. The highest BCUT2D eigenvalue weighted by molar-refractivity contribution is 5.97. The first-order valence-electron chi connectivity index (χ1n) is 12.1. The van der Waals surface area contributed by atoms with Gasteiger partial charge in [0.15, 0.2) is 11.5 Å². The van der Waals surface area contributed by atoms with Gasteiger partial charge in [0, 0.05) is 36.8 Å². The summed E-state index contributed by atoms with van der Waals surface area (Å²) in [5, 5.41) is 3.27. The van der Waals surface area contributed by atoms with Gasteiger partial charge in [-0.15, -0.1) is 0 Å². The number of hydrogen-bond donors (Lipinski definition) is 1. The van der Waals surface area contributed by atoms with Crippen LogP contribution in [0.2, 0.25) is 0 Å². The quantitative estimate of drug-likeness (QED) is 0.622. The standard InChI is InChI=1S/C27H36N2O3/c1-3-32-25-18-22(17-24(26(25)31-2)21-11-5-4-6-12-21)27(30)28-23-13-15-29(16-14-23)19-20-9-7-8-10-20/h4-6,11-12,17-18,20,23H,3,7-10,13-16,19H2,1-2H3,(H,28,30). The molecule has 1 N–H and O–H groups in total. The van der Waals surface area contributed by atoms with Gasteiger partial charge in [-0.05, 0) is 56.2 Å². The predicted octanol–water partition coefficient (Wildman–Crippen LogP) is 5.15. The van der Waals surface area contributed by atoms with Crippen molar-refractivity contribution in [2.45, 2.75) is 51.5 Å². The zero-order chi connectivity index (χ0) is 22.3. The van der Waals surface area contributed by atoms with Gasteiger partial charge in [0.2, 0.25) is 0 Å². The van der Waals surface area contributed by atoms with Crippen LogP contribution < -0.4 is 14.8 Å². The van der Waals surface area contributed by atoms with E-state index in [-0.39, 0.29) is 11.9 Å². The maximum absolute atomic E-state index is 13.2. The van der Waals surface area contributed by atoms with Crippen LogP contribution in [0, 0.1) is 5.92 Å². The highest BCUT2D eigenvalue weighted by Crippen LogP contribution is 2.39. The smallest absolute Gasteiger partial charge is 0.251 e. The summed E-state index contributed by atoms with van der Waals surface area (Å²) in [4.78, 5) is 15.8. The second kappa shape index (κ2) is 10.9. The van der Waals surface area contributed by atoms with Crippen molar-refractivity contribution in [2.75, 3.05) is 33.4 Å². The number of nitrogens with one attached hydrogen (secondary N) is 1. The van der Waals surface area contributed by atoms with Crippen LogP contribution in [0.1, 0.15) is 55.8 Å². The lowest BCUT2D eigenvalue weighted by molar-refractivity contribution is 0.0905. The maximum atomic E-state index is 13.2. The number of nitrogens with zero attached hydrogens (tertiary/aromatic N) is 1. The molecule has 1 saturated carbocycles. The van der Waals surface area contributed by atoms with E-state index in [2.05, 4.69) is 10.2 Å². The number of benzene rings is 2. The molecule has 5 heteroatoms. The van der Waals surface area contributed by atoms with Gasteiger partial charge in [0.25, 0.3) is 5.91 Å². The fourth-order valence-corrected chi connectivity index (χ4v) is 5.13. The highest BCUT2D eigenvalue weighted by atomic mass is 16.5. The predicted molar refractivity (Wildman–Crippen MR) is 128 cm³/mol. The average molecular weight is 437 g/mol. The first kappa shape index (κ1) is 22.7. The Balaban J connectivity index is 1.45. The lowest BCUT2D eigenvalue weighted by Crippen LogP contribution is -2.45. The van der Waals surface area contributed by atoms with Crippen LogP contribution in [0.3, 0.4) is 0 Å². The molecule has 0 aromatic heterocycles. The van der Waals surface area contributed by atoms with Crippen LogP contribution in [-0.4, -0.2) is 50.2 Å². The van der Waals surface area contributed by atoms with Gasteiger partial charge in [0.1, 0.15) is 0 Å². The number of methoxy groups -OCH3 is 1. The highest BCUT2D eigenvalue weighted by Gasteiger charge is 2.25. The molecule has 1 aliphatic carbocycles. The molecule has 0 spiro atoms. The average Bonchev–Trinajstić information content (AvgIpc) is 3.33. The molecule has 2 aromatic carbocycles. The van der Waals surface area contributed by atoms with Crippen LogP contribution in [0.4, 0.5) is 0 Å². The Labute approximate surface area is 192 Å². The van der Waals surface area contributed by atoms with Crippen molar-refractivity contribution in [3.05, 3.63) is 48.0 Å². The zero-order valence-electron chi connectivity index (χ0n) is 19.4. The number of carbonyl (C=O) groups excluding carboxylic acids is 1. The molecule has 0 bridgehead atoms.